The topological polar surface area (TPSA) is 48.9 Å². The van der Waals surface area contributed by atoms with Crippen LogP contribution in [0.4, 0.5) is 0 Å². The molecule has 0 spiro atoms. The van der Waals surface area contributed by atoms with Gasteiger partial charge in [-0.05, 0) is 56.5 Å². The Balaban J connectivity index is 1.49. The van der Waals surface area contributed by atoms with E-state index in [1.165, 1.54) is 0 Å². The second kappa shape index (κ2) is 10.1. The van der Waals surface area contributed by atoms with E-state index in [1.807, 2.05) is 49.5 Å². The monoisotopic (exact) mass is 380 g/mol. The summed E-state index contributed by atoms with van der Waals surface area (Å²) >= 11 is 0. The van der Waals surface area contributed by atoms with Crippen molar-refractivity contribution < 1.29 is 4.74 Å². The lowest BCUT2D eigenvalue weighted by molar-refractivity contribution is 0.167. The van der Waals surface area contributed by atoms with E-state index in [0.717, 1.165) is 49.0 Å². The standard InChI is InChI=1S/C23H32N4O/c1-18(2)27-14-12-20(13-15-27)26-23(24-3)25-17-19-8-7-11-22(16-19)28-21-9-5-4-6-10-21/h4-11,16,18,20H,12-15,17H2,1-3H3,(H2,24,25,26). The van der Waals surface area contributed by atoms with E-state index in [4.69, 9.17) is 4.74 Å². The number of hydrogen-bond donors (Lipinski definition) is 2. The molecule has 0 aromatic heterocycles. The number of piperidine rings is 1. The molecule has 1 saturated heterocycles. The summed E-state index contributed by atoms with van der Waals surface area (Å²) in [5, 5.41) is 7.00. The number of guanidine groups is 1. The Morgan fingerprint density at radius 2 is 1.79 bits per heavy atom. The van der Waals surface area contributed by atoms with E-state index in [0.29, 0.717) is 18.6 Å². The predicted octanol–water partition coefficient (Wildman–Crippen LogP) is 4.02. The molecule has 1 fully saturated rings. The lowest BCUT2D eigenvalue weighted by atomic mass is 10.0. The van der Waals surface area contributed by atoms with Crippen molar-refractivity contribution in [2.24, 2.45) is 4.99 Å². The van der Waals surface area contributed by atoms with Gasteiger partial charge in [0.15, 0.2) is 5.96 Å². The molecule has 28 heavy (non-hydrogen) atoms. The molecule has 2 aromatic carbocycles. The molecule has 3 rings (SSSR count). The highest BCUT2D eigenvalue weighted by molar-refractivity contribution is 5.80. The van der Waals surface area contributed by atoms with Crippen LogP contribution < -0.4 is 15.4 Å². The lowest BCUT2D eigenvalue weighted by Gasteiger charge is -2.35. The molecule has 0 aliphatic carbocycles. The first-order valence-corrected chi connectivity index (χ1v) is 10.2. The highest BCUT2D eigenvalue weighted by Crippen LogP contribution is 2.21. The third-order valence-electron chi connectivity index (χ3n) is 5.16. The van der Waals surface area contributed by atoms with Crippen molar-refractivity contribution in [3.63, 3.8) is 0 Å². The van der Waals surface area contributed by atoms with Gasteiger partial charge in [-0.2, -0.15) is 0 Å². The van der Waals surface area contributed by atoms with E-state index in [1.54, 1.807) is 0 Å². The maximum absolute atomic E-state index is 5.92. The van der Waals surface area contributed by atoms with Crippen molar-refractivity contribution in [3.8, 4) is 11.5 Å². The Morgan fingerprint density at radius 3 is 2.46 bits per heavy atom. The maximum Gasteiger partial charge on any atom is 0.191 e. The van der Waals surface area contributed by atoms with E-state index in [-0.39, 0.29) is 0 Å². The molecular formula is C23H32N4O. The van der Waals surface area contributed by atoms with Crippen molar-refractivity contribution in [3.05, 3.63) is 60.2 Å². The molecule has 0 radical (unpaired) electrons. The first-order chi connectivity index (χ1) is 13.6. The quantitative estimate of drug-likeness (QED) is 0.587. The van der Waals surface area contributed by atoms with Crippen LogP contribution in [0.1, 0.15) is 32.3 Å². The number of para-hydroxylation sites is 1. The number of likely N-dealkylation sites (tertiary alicyclic amines) is 1. The fourth-order valence-corrected chi connectivity index (χ4v) is 3.48. The zero-order chi connectivity index (χ0) is 19.8. The molecule has 1 heterocycles. The SMILES string of the molecule is CN=C(NCc1cccc(Oc2ccccc2)c1)NC1CCN(C(C)C)CC1. The molecule has 5 nitrogen and oxygen atoms in total. The van der Waals surface area contributed by atoms with Gasteiger partial charge >= 0.3 is 0 Å². The van der Waals surface area contributed by atoms with Gasteiger partial charge in [-0.15, -0.1) is 0 Å². The second-order valence-electron chi connectivity index (χ2n) is 7.54. The molecule has 0 amide bonds. The van der Waals surface area contributed by atoms with Crippen LogP contribution in [0.15, 0.2) is 59.6 Å². The smallest absolute Gasteiger partial charge is 0.191 e. The van der Waals surface area contributed by atoms with E-state index in [9.17, 15) is 0 Å². The zero-order valence-corrected chi connectivity index (χ0v) is 17.2. The third-order valence-corrected chi connectivity index (χ3v) is 5.16. The second-order valence-corrected chi connectivity index (χ2v) is 7.54. The molecular weight excluding hydrogens is 348 g/mol. The molecule has 2 aromatic rings. The molecule has 5 heteroatoms. The van der Waals surface area contributed by atoms with Crippen LogP contribution in [0, 0.1) is 0 Å². The van der Waals surface area contributed by atoms with Gasteiger partial charge in [0, 0.05) is 38.8 Å². The van der Waals surface area contributed by atoms with Gasteiger partial charge in [-0.1, -0.05) is 30.3 Å². The van der Waals surface area contributed by atoms with Crippen LogP contribution in [0.3, 0.4) is 0 Å². The minimum atomic E-state index is 0.481. The van der Waals surface area contributed by atoms with Crippen LogP contribution in [0.5, 0.6) is 11.5 Å². The summed E-state index contributed by atoms with van der Waals surface area (Å²) in [5.74, 6) is 2.55. The largest absolute Gasteiger partial charge is 0.457 e. The summed E-state index contributed by atoms with van der Waals surface area (Å²) < 4.78 is 5.92. The van der Waals surface area contributed by atoms with Crippen LogP contribution >= 0.6 is 0 Å². The summed E-state index contributed by atoms with van der Waals surface area (Å²) in [5.41, 5.74) is 1.16. The Bertz CT molecular complexity index is 752. The number of hydrogen-bond acceptors (Lipinski definition) is 3. The molecule has 2 N–H and O–H groups in total. The molecule has 1 aliphatic heterocycles. The molecule has 150 valence electrons. The Labute approximate surface area is 168 Å². The van der Waals surface area contributed by atoms with Crippen molar-refractivity contribution >= 4 is 5.96 Å². The third kappa shape index (κ3) is 5.99. The van der Waals surface area contributed by atoms with Gasteiger partial charge in [0.1, 0.15) is 11.5 Å². The summed E-state index contributed by atoms with van der Waals surface area (Å²) in [4.78, 5) is 6.93. The van der Waals surface area contributed by atoms with E-state index >= 15 is 0 Å². The molecule has 1 aliphatic rings. The first kappa shape index (κ1) is 20.2. The Kier molecular flexibility index (Phi) is 7.31. The summed E-state index contributed by atoms with van der Waals surface area (Å²) in [6, 6.07) is 19.1. The maximum atomic E-state index is 5.92. The van der Waals surface area contributed by atoms with Gasteiger partial charge in [-0.25, -0.2) is 0 Å². The van der Waals surface area contributed by atoms with Crippen molar-refractivity contribution in [2.75, 3.05) is 20.1 Å². The van der Waals surface area contributed by atoms with Crippen molar-refractivity contribution in [1.29, 1.82) is 0 Å². The molecule has 0 bridgehead atoms. The average molecular weight is 381 g/mol. The first-order valence-electron chi connectivity index (χ1n) is 10.2. The van der Waals surface area contributed by atoms with Gasteiger partial charge in [0.25, 0.3) is 0 Å². The normalized spacial score (nSPS) is 16.2. The number of aliphatic imine (C=N–C) groups is 1. The zero-order valence-electron chi connectivity index (χ0n) is 17.2. The van der Waals surface area contributed by atoms with Gasteiger partial charge in [-0.3, -0.25) is 4.99 Å². The highest BCUT2D eigenvalue weighted by atomic mass is 16.5. The van der Waals surface area contributed by atoms with Gasteiger partial charge < -0.3 is 20.3 Å². The highest BCUT2D eigenvalue weighted by Gasteiger charge is 2.21. The van der Waals surface area contributed by atoms with Crippen LogP contribution in [0.25, 0.3) is 0 Å². The molecule has 0 unspecified atom stereocenters. The Hall–Kier alpha value is -2.53. The van der Waals surface area contributed by atoms with E-state index < -0.39 is 0 Å². The predicted molar refractivity (Wildman–Crippen MR) is 116 cm³/mol. The van der Waals surface area contributed by atoms with Crippen molar-refractivity contribution in [1.82, 2.24) is 15.5 Å². The minimum absolute atomic E-state index is 0.481. The average Bonchev–Trinajstić information content (AvgIpc) is 2.72. The number of nitrogens with zero attached hydrogens (tertiary/aromatic N) is 2. The van der Waals surface area contributed by atoms with Gasteiger partial charge in [0.05, 0.1) is 0 Å². The summed E-state index contributed by atoms with van der Waals surface area (Å²) in [6.07, 6.45) is 2.30. The molecule has 0 saturated carbocycles. The molecule has 0 atom stereocenters. The number of rotatable bonds is 6. The summed E-state index contributed by atoms with van der Waals surface area (Å²) in [6.45, 7) is 7.53. The summed E-state index contributed by atoms with van der Waals surface area (Å²) in [7, 11) is 1.83. The van der Waals surface area contributed by atoms with E-state index in [2.05, 4.69) is 46.5 Å². The van der Waals surface area contributed by atoms with Crippen molar-refractivity contribution in [2.45, 2.75) is 45.3 Å². The fraction of sp³-hybridized carbons (Fsp3) is 0.435. The lowest BCUT2D eigenvalue weighted by Crippen LogP contribution is -2.49. The number of ether oxygens (including phenoxy) is 1. The van der Waals surface area contributed by atoms with Crippen LogP contribution in [-0.4, -0.2) is 43.1 Å². The van der Waals surface area contributed by atoms with Crippen LogP contribution in [-0.2, 0) is 6.54 Å². The Morgan fingerprint density at radius 1 is 1.07 bits per heavy atom. The van der Waals surface area contributed by atoms with Crippen LogP contribution in [0.2, 0.25) is 0 Å². The minimum Gasteiger partial charge on any atom is -0.457 e. The van der Waals surface area contributed by atoms with Gasteiger partial charge in [0.2, 0.25) is 0 Å². The number of nitrogens with one attached hydrogen (secondary N) is 2. The number of benzene rings is 2. The fourth-order valence-electron chi connectivity index (χ4n) is 3.48.